The van der Waals surface area contributed by atoms with Crippen LogP contribution >= 0.6 is 0 Å². The van der Waals surface area contributed by atoms with E-state index in [1.807, 2.05) is 42.5 Å². The monoisotopic (exact) mass is 281 g/mol. The molecule has 0 bridgehead atoms. The molecule has 2 aromatic heterocycles. The maximum atomic E-state index is 12.6. The number of carbonyl (C=O) groups is 1. The maximum absolute atomic E-state index is 12.6. The van der Waals surface area contributed by atoms with Crippen LogP contribution in [0, 0.1) is 0 Å². The molecule has 21 heavy (non-hydrogen) atoms. The molecule has 4 heteroatoms. The standard InChI is InChI=1S/C17H15NO3/c19-17(15-8-10-20-13-15)18(12-16-7-4-9-21-16)11-14-5-2-1-3-6-14/h1-10,13H,11-12H2. The summed E-state index contributed by atoms with van der Waals surface area (Å²) in [7, 11) is 0. The molecule has 4 nitrogen and oxygen atoms in total. The van der Waals surface area contributed by atoms with Crippen LogP contribution in [0.4, 0.5) is 0 Å². The molecule has 106 valence electrons. The van der Waals surface area contributed by atoms with E-state index in [4.69, 9.17) is 8.83 Å². The van der Waals surface area contributed by atoms with Crippen molar-refractivity contribution < 1.29 is 13.6 Å². The quantitative estimate of drug-likeness (QED) is 0.716. The van der Waals surface area contributed by atoms with Gasteiger partial charge in [-0.2, -0.15) is 0 Å². The van der Waals surface area contributed by atoms with E-state index in [0.29, 0.717) is 18.7 Å². The molecule has 0 aliphatic rings. The Morgan fingerprint density at radius 3 is 2.48 bits per heavy atom. The molecule has 0 saturated carbocycles. The van der Waals surface area contributed by atoms with E-state index >= 15 is 0 Å². The summed E-state index contributed by atoms with van der Waals surface area (Å²) in [6.45, 7) is 0.942. The molecular formula is C17H15NO3. The molecule has 0 saturated heterocycles. The summed E-state index contributed by atoms with van der Waals surface area (Å²) in [6, 6.07) is 15.2. The van der Waals surface area contributed by atoms with Gasteiger partial charge in [0, 0.05) is 6.54 Å². The largest absolute Gasteiger partial charge is 0.472 e. The van der Waals surface area contributed by atoms with Crippen molar-refractivity contribution in [3.63, 3.8) is 0 Å². The number of carbonyl (C=O) groups excluding carboxylic acids is 1. The average molecular weight is 281 g/mol. The summed E-state index contributed by atoms with van der Waals surface area (Å²) in [5, 5.41) is 0. The van der Waals surface area contributed by atoms with Gasteiger partial charge in [0.2, 0.25) is 0 Å². The van der Waals surface area contributed by atoms with Crippen LogP contribution in [0.2, 0.25) is 0 Å². The summed E-state index contributed by atoms with van der Waals surface area (Å²) in [5.41, 5.74) is 1.61. The van der Waals surface area contributed by atoms with Crippen molar-refractivity contribution in [2.75, 3.05) is 0 Å². The van der Waals surface area contributed by atoms with Crippen LogP contribution in [0.25, 0.3) is 0 Å². The summed E-state index contributed by atoms with van der Waals surface area (Å²) < 4.78 is 10.4. The molecule has 0 spiro atoms. The van der Waals surface area contributed by atoms with Crippen molar-refractivity contribution in [2.24, 2.45) is 0 Å². The molecule has 1 amide bonds. The SMILES string of the molecule is O=C(c1ccoc1)N(Cc1ccccc1)Cc1ccco1. The highest BCUT2D eigenvalue weighted by Gasteiger charge is 2.18. The Morgan fingerprint density at radius 1 is 0.952 bits per heavy atom. The van der Waals surface area contributed by atoms with Crippen molar-refractivity contribution >= 4 is 5.91 Å². The molecule has 0 atom stereocenters. The minimum atomic E-state index is -0.0796. The van der Waals surface area contributed by atoms with Gasteiger partial charge in [0.25, 0.3) is 5.91 Å². The van der Waals surface area contributed by atoms with E-state index in [1.165, 1.54) is 12.5 Å². The predicted octanol–water partition coefficient (Wildman–Crippen LogP) is 3.72. The number of rotatable bonds is 5. The summed E-state index contributed by atoms with van der Waals surface area (Å²) >= 11 is 0. The highest BCUT2D eigenvalue weighted by Crippen LogP contribution is 2.14. The Bertz CT molecular complexity index is 672. The highest BCUT2D eigenvalue weighted by molar-refractivity contribution is 5.93. The second-order valence-corrected chi connectivity index (χ2v) is 4.74. The Kier molecular flexibility index (Phi) is 3.87. The number of hydrogen-bond acceptors (Lipinski definition) is 3. The van der Waals surface area contributed by atoms with Crippen molar-refractivity contribution in [3.05, 3.63) is 84.2 Å². The van der Waals surface area contributed by atoms with Crippen LogP contribution in [0.1, 0.15) is 21.7 Å². The van der Waals surface area contributed by atoms with Crippen LogP contribution in [-0.2, 0) is 13.1 Å². The lowest BCUT2D eigenvalue weighted by molar-refractivity contribution is 0.0717. The second kappa shape index (κ2) is 6.13. The number of furan rings is 2. The van der Waals surface area contributed by atoms with Crippen LogP contribution in [0.15, 0.2) is 76.2 Å². The van der Waals surface area contributed by atoms with Crippen LogP contribution in [-0.4, -0.2) is 10.8 Å². The van der Waals surface area contributed by atoms with Crippen molar-refractivity contribution in [1.82, 2.24) is 4.90 Å². The van der Waals surface area contributed by atoms with Crippen LogP contribution < -0.4 is 0 Å². The first-order chi connectivity index (χ1) is 10.3. The lowest BCUT2D eigenvalue weighted by Crippen LogP contribution is -2.29. The van der Waals surface area contributed by atoms with Crippen LogP contribution in [0.5, 0.6) is 0 Å². The summed E-state index contributed by atoms with van der Waals surface area (Å²) in [4.78, 5) is 14.3. The van der Waals surface area contributed by atoms with E-state index < -0.39 is 0 Å². The van der Waals surface area contributed by atoms with Gasteiger partial charge in [-0.15, -0.1) is 0 Å². The van der Waals surface area contributed by atoms with E-state index in [-0.39, 0.29) is 5.91 Å². The number of amides is 1. The summed E-state index contributed by atoms with van der Waals surface area (Å²) in [6.07, 6.45) is 4.57. The fraction of sp³-hybridized carbons (Fsp3) is 0.118. The zero-order valence-corrected chi connectivity index (χ0v) is 11.4. The number of hydrogen-bond donors (Lipinski definition) is 0. The minimum absolute atomic E-state index is 0.0796. The van der Waals surface area contributed by atoms with Gasteiger partial charge in [0.1, 0.15) is 12.0 Å². The first-order valence-corrected chi connectivity index (χ1v) is 6.71. The molecule has 0 aliphatic heterocycles. The second-order valence-electron chi connectivity index (χ2n) is 4.74. The fourth-order valence-electron chi connectivity index (χ4n) is 2.16. The number of nitrogens with zero attached hydrogens (tertiary/aromatic N) is 1. The maximum Gasteiger partial charge on any atom is 0.257 e. The normalized spacial score (nSPS) is 10.5. The topological polar surface area (TPSA) is 46.6 Å². The summed E-state index contributed by atoms with van der Waals surface area (Å²) in [5.74, 6) is 0.673. The van der Waals surface area contributed by atoms with Gasteiger partial charge in [-0.05, 0) is 23.8 Å². The lowest BCUT2D eigenvalue weighted by Gasteiger charge is -2.21. The first-order valence-electron chi connectivity index (χ1n) is 6.71. The van der Waals surface area contributed by atoms with Crippen molar-refractivity contribution in [3.8, 4) is 0 Å². The molecule has 3 rings (SSSR count). The van der Waals surface area contributed by atoms with Gasteiger partial charge < -0.3 is 13.7 Å². The average Bonchev–Trinajstić information content (AvgIpc) is 3.20. The predicted molar refractivity (Wildman–Crippen MR) is 77.4 cm³/mol. The Morgan fingerprint density at radius 2 is 1.81 bits per heavy atom. The molecular weight excluding hydrogens is 266 g/mol. The minimum Gasteiger partial charge on any atom is -0.472 e. The van der Waals surface area contributed by atoms with Crippen molar-refractivity contribution in [1.29, 1.82) is 0 Å². The molecule has 0 aliphatic carbocycles. The Balaban J connectivity index is 1.82. The molecule has 3 aromatic rings. The zero-order valence-electron chi connectivity index (χ0n) is 11.4. The van der Waals surface area contributed by atoms with Crippen LogP contribution in [0.3, 0.4) is 0 Å². The van der Waals surface area contributed by atoms with E-state index in [1.54, 1.807) is 17.2 Å². The number of benzene rings is 1. The lowest BCUT2D eigenvalue weighted by atomic mass is 10.2. The van der Waals surface area contributed by atoms with Gasteiger partial charge in [-0.1, -0.05) is 30.3 Å². The highest BCUT2D eigenvalue weighted by atomic mass is 16.3. The van der Waals surface area contributed by atoms with E-state index in [2.05, 4.69) is 0 Å². The van der Waals surface area contributed by atoms with Gasteiger partial charge in [0.15, 0.2) is 0 Å². The third-order valence-electron chi connectivity index (χ3n) is 3.20. The smallest absolute Gasteiger partial charge is 0.257 e. The van der Waals surface area contributed by atoms with Gasteiger partial charge in [-0.25, -0.2) is 0 Å². The third-order valence-corrected chi connectivity index (χ3v) is 3.20. The molecule has 0 N–H and O–H groups in total. The van der Waals surface area contributed by atoms with E-state index in [0.717, 1.165) is 11.3 Å². The molecule has 0 radical (unpaired) electrons. The third kappa shape index (κ3) is 3.23. The fourth-order valence-corrected chi connectivity index (χ4v) is 2.16. The zero-order chi connectivity index (χ0) is 14.5. The van der Waals surface area contributed by atoms with E-state index in [9.17, 15) is 4.79 Å². The van der Waals surface area contributed by atoms with Gasteiger partial charge in [-0.3, -0.25) is 4.79 Å². The molecule has 1 aromatic carbocycles. The van der Waals surface area contributed by atoms with Gasteiger partial charge >= 0.3 is 0 Å². The molecule has 0 fully saturated rings. The van der Waals surface area contributed by atoms with Crippen molar-refractivity contribution in [2.45, 2.75) is 13.1 Å². The Labute approximate surface area is 122 Å². The first kappa shape index (κ1) is 13.2. The Hall–Kier alpha value is -2.75. The molecule has 2 heterocycles. The van der Waals surface area contributed by atoms with Gasteiger partial charge in [0.05, 0.1) is 24.6 Å². The molecule has 0 unspecified atom stereocenters.